The minimum atomic E-state index is 0.703. The maximum Gasteiger partial charge on any atom is 0.0220 e. The molecule has 1 saturated carbocycles. The van der Waals surface area contributed by atoms with Crippen molar-refractivity contribution in [2.75, 3.05) is 40.3 Å². The van der Waals surface area contributed by atoms with Crippen molar-refractivity contribution < 1.29 is 0 Å². The van der Waals surface area contributed by atoms with E-state index in [0.717, 1.165) is 5.92 Å². The van der Waals surface area contributed by atoms with Crippen molar-refractivity contribution in [2.24, 2.45) is 5.92 Å². The zero-order chi connectivity index (χ0) is 13.0. The first-order valence-corrected chi connectivity index (χ1v) is 7.80. The molecule has 2 atom stereocenters. The van der Waals surface area contributed by atoms with E-state index in [1.807, 2.05) is 0 Å². The van der Waals surface area contributed by atoms with Crippen LogP contribution >= 0.6 is 0 Å². The lowest BCUT2D eigenvalue weighted by Crippen LogP contribution is -2.48. The third kappa shape index (κ3) is 3.69. The smallest absolute Gasteiger partial charge is 0.0220 e. The molecule has 0 aromatic rings. The summed E-state index contributed by atoms with van der Waals surface area (Å²) in [7, 11) is 4.41. The second-order valence-corrected chi connectivity index (χ2v) is 6.40. The van der Waals surface area contributed by atoms with E-state index in [-0.39, 0.29) is 0 Å². The Kier molecular flexibility index (Phi) is 5.46. The van der Waals surface area contributed by atoms with Crippen molar-refractivity contribution in [1.82, 2.24) is 15.1 Å². The number of nitrogens with zero attached hydrogens (tertiary/aromatic N) is 2. The van der Waals surface area contributed by atoms with Crippen LogP contribution in [-0.2, 0) is 0 Å². The minimum Gasteiger partial charge on any atom is -0.315 e. The topological polar surface area (TPSA) is 18.5 Å². The number of hydrogen-bond acceptors (Lipinski definition) is 3. The maximum atomic E-state index is 3.59. The Balaban J connectivity index is 1.88. The SMILES string of the molecule is CNC(CN1CCCN(C)CC1C)C1CCCC1. The molecule has 1 heterocycles. The van der Waals surface area contributed by atoms with Crippen molar-refractivity contribution >= 4 is 0 Å². The summed E-state index contributed by atoms with van der Waals surface area (Å²) >= 11 is 0. The molecule has 0 spiro atoms. The lowest BCUT2D eigenvalue weighted by Gasteiger charge is -2.33. The summed E-state index contributed by atoms with van der Waals surface area (Å²) in [4.78, 5) is 5.19. The van der Waals surface area contributed by atoms with Crippen molar-refractivity contribution in [3.63, 3.8) is 0 Å². The molecule has 0 radical (unpaired) electrons. The van der Waals surface area contributed by atoms with Crippen LogP contribution in [0.15, 0.2) is 0 Å². The van der Waals surface area contributed by atoms with Crippen LogP contribution in [0, 0.1) is 5.92 Å². The zero-order valence-corrected chi connectivity index (χ0v) is 12.5. The first-order valence-electron chi connectivity index (χ1n) is 7.80. The van der Waals surface area contributed by atoms with Crippen LogP contribution in [0.2, 0.25) is 0 Å². The molecule has 2 unspecified atom stereocenters. The quantitative estimate of drug-likeness (QED) is 0.824. The van der Waals surface area contributed by atoms with Gasteiger partial charge >= 0.3 is 0 Å². The molecule has 3 heteroatoms. The normalized spacial score (nSPS) is 30.5. The van der Waals surface area contributed by atoms with E-state index < -0.39 is 0 Å². The second kappa shape index (κ2) is 6.88. The van der Waals surface area contributed by atoms with E-state index in [9.17, 15) is 0 Å². The lowest BCUT2D eigenvalue weighted by atomic mass is 9.97. The number of hydrogen-bond donors (Lipinski definition) is 1. The fourth-order valence-corrected chi connectivity index (χ4v) is 3.78. The third-order valence-electron chi connectivity index (χ3n) is 4.96. The van der Waals surface area contributed by atoms with Crippen LogP contribution in [0.25, 0.3) is 0 Å². The third-order valence-corrected chi connectivity index (χ3v) is 4.96. The van der Waals surface area contributed by atoms with Crippen LogP contribution in [0.3, 0.4) is 0 Å². The highest BCUT2D eigenvalue weighted by Crippen LogP contribution is 2.28. The summed E-state index contributed by atoms with van der Waals surface area (Å²) in [6, 6.07) is 1.41. The first kappa shape index (κ1) is 14.3. The largest absolute Gasteiger partial charge is 0.315 e. The van der Waals surface area contributed by atoms with Crippen molar-refractivity contribution in [3.05, 3.63) is 0 Å². The van der Waals surface area contributed by atoms with E-state index in [1.165, 1.54) is 58.3 Å². The van der Waals surface area contributed by atoms with E-state index in [1.54, 1.807) is 0 Å². The van der Waals surface area contributed by atoms with E-state index >= 15 is 0 Å². The molecule has 2 aliphatic rings. The van der Waals surface area contributed by atoms with Crippen LogP contribution in [0.5, 0.6) is 0 Å². The highest BCUT2D eigenvalue weighted by molar-refractivity contribution is 4.85. The van der Waals surface area contributed by atoms with E-state index in [4.69, 9.17) is 0 Å². The molecule has 0 bridgehead atoms. The monoisotopic (exact) mass is 253 g/mol. The molecule has 0 aromatic carbocycles. The van der Waals surface area contributed by atoms with Gasteiger partial charge in [0.25, 0.3) is 0 Å². The van der Waals surface area contributed by atoms with Gasteiger partial charge in [0, 0.05) is 25.2 Å². The maximum absolute atomic E-state index is 3.59. The summed E-state index contributed by atoms with van der Waals surface area (Å²) in [5.41, 5.74) is 0. The van der Waals surface area contributed by atoms with Gasteiger partial charge in [-0.2, -0.15) is 0 Å². The van der Waals surface area contributed by atoms with Gasteiger partial charge in [-0.05, 0) is 59.3 Å². The predicted octanol–water partition coefficient (Wildman–Crippen LogP) is 1.79. The van der Waals surface area contributed by atoms with Gasteiger partial charge in [-0.1, -0.05) is 12.8 Å². The summed E-state index contributed by atoms with van der Waals surface area (Å²) in [6.45, 7) is 7.39. The molecule has 0 amide bonds. The Bertz CT molecular complexity index is 238. The van der Waals surface area contributed by atoms with E-state index in [0.29, 0.717) is 12.1 Å². The lowest BCUT2D eigenvalue weighted by molar-refractivity contribution is 0.166. The van der Waals surface area contributed by atoms with Crippen LogP contribution in [-0.4, -0.2) is 62.2 Å². The van der Waals surface area contributed by atoms with Gasteiger partial charge < -0.3 is 10.2 Å². The van der Waals surface area contributed by atoms with Gasteiger partial charge in [-0.3, -0.25) is 4.90 Å². The summed E-state index contributed by atoms with van der Waals surface area (Å²) < 4.78 is 0. The van der Waals surface area contributed by atoms with Gasteiger partial charge in [0.05, 0.1) is 0 Å². The van der Waals surface area contributed by atoms with Crippen LogP contribution < -0.4 is 5.32 Å². The molecule has 2 rings (SSSR count). The Labute approximate surface area is 113 Å². The van der Waals surface area contributed by atoms with Crippen LogP contribution in [0.1, 0.15) is 39.0 Å². The fraction of sp³-hybridized carbons (Fsp3) is 1.00. The van der Waals surface area contributed by atoms with Crippen LogP contribution in [0.4, 0.5) is 0 Å². The summed E-state index contributed by atoms with van der Waals surface area (Å²) in [6.07, 6.45) is 7.09. The van der Waals surface area contributed by atoms with Gasteiger partial charge in [0.1, 0.15) is 0 Å². The Hall–Kier alpha value is -0.120. The Morgan fingerprint density at radius 1 is 1.17 bits per heavy atom. The Morgan fingerprint density at radius 3 is 2.56 bits per heavy atom. The van der Waals surface area contributed by atoms with Gasteiger partial charge in [0.2, 0.25) is 0 Å². The van der Waals surface area contributed by atoms with Crippen molar-refractivity contribution in [3.8, 4) is 0 Å². The number of nitrogens with one attached hydrogen (secondary N) is 1. The standard InChI is InChI=1S/C15H31N3/c1-13-11-17(3)9-6-10-18(13)12-15(16-2)14-7-4-5-8-14/h13-16H,4-12H2,1-3H3. The molecule has 18 heavy (non-hydrogen) atoms. The van der Waals surface area contributed by atoms with Crippen molar-refractivity contribution in [2.45, 2.75) is 51.1 Å². The van der Waals surface area contributed by atoms with Gasteiger partial charge in [-0.15, -0.1) is 0 Å². The van der Waals surface area contributed by atoms with Gasteiger partial charge in [-0.25, -0.2) is 0 Å². The van der Waals surface area contributed by atoms with Gasteiger partial charge in [0.15, 0.2) is 0 Å². The molecule has 2 fully saturated rings. The summed E-state index contributed by atoms with van der Waals surface area (Å²) in [5.74, 6) is 0.920. The van der Waals surface area contributed by atoms with E-state index in [2.05, 4.69) is 36.1 Å². The first-order chi connectivity index (χ1) is 8.70. The fourth-order valence-electron chi connectivity index (χ4n) is 3.78. The average molecular weight is 253 g/mol. The predicted molar refractivity (Wildman–Crippen MR) is 78.0 cm³/mol. The number of likely N-dealkylation sites (N-methyl/N-ethyl adjacent to an activating group) is 2. The molecular formula is C15H31N3. The number of rotatable bonds is 4. The molecule has 1 aliphatic heterocycles. The highest BCUT2D eigenvalue weighted by Gasteiger charge is 2.28. The molecule has 106 valence electrons. The summed E-state index contributed by atoms with van der Waals surface area (Å²) in [5, 5.41) is 3.59. The minimum absolute atomic E-state index is 0.703. The molecule has 1 aliphatic carbocycles. The zero-order valence-electron chi connectivity index (χ0n) is 12.5. The average Bonchev–Trinajstić information content (AvgIpc) is 2.81. The van der Waals surface area contributed by atoms with Crippen molar-refractivity contribution in [1.29, 1.82) is 0 Å². The molecular weight excluding hydrogens is 222 g/mol. The highest BCUT2D eigenvalue weighted by atomic mass is 15.2. The molecule has 1 saturated heterocycles. The Morgan fingerprint density at radius 2 is 1.89 bits per heavy atom. The molecule has 0 aromatic heterocycles. The molecule has 1 N–H and O–H groups in total. The second-order valence-electron chi connectivity index (χ2n) is 6.40. The molecule has 3 nitrogen and oxygen atoms in total.